The van der Waals surface area contributed by atoms with Crippen LogP contribution < -0.4 is 5.32 Å². The number of carbonyl (C=O) groups is 2. The normalized spacial score (nSPS) is 27.5. The molecular weight excluding hydrogens is 270 g/mol. The zero-order valence-corrected chi connectivity index (χ0v) is 12.6. The van der Waals surface area contributed by atoms with Crippen LogP contribution in [0.25, 0.3) is 0 Å². The summed E-state index contributed by atoms with van der Waals surface area (Å²) in [5.74, 6) is -0.131. The molecule has 0 heterocycles. The minimum absolute atomic E-state index is 0.131. The number of carbonyl (C=O) groups excluding carboxylic acids is 2. The van der Waals surface area contributed by atoms with E-state index in [-0.39, 0.29) is 11.9 Å². The van der Waals surface area contributed by atoms with Crippen molar-refractivity contribution in [3.05, 3.63) is 0 Å². The van der Waals surface area contributed by atoms with Crippen molar-refractivity contribution in [2.45, 2.75) is 70.1 Å². The van der Waals surface area contributed by atoms with Gasteiger partial charge in [0.25, 0.3) is 0 Å². The zero-order chi connectivity index (χ0) is 14.6. The number of amides is 1. The van der Waals surface area contributed by atoms with Crippen LogP contribution >= 0.6 is 11.6 Å². The largest absolute Gasteiger partial charge is 0.509 e. The molecule has 19 heavy (non-hydrogen) atoms. The van der Waals surface area contributed by atoms with Gasteiger partial charge in [-0.15, -0.1) is 11.6 Å². The monoisotopic (exact) mass is 291 g/mol. The van der Waals surface area contributed by atoms with Gasteiger partial charge in [-0.05, 0) is 40.0 Å². The third kappa shape index (κ3) is 5.68. The Morgan fingerprint density at radius 2 is 1.89 bits per heavy atom. The van der Waals surface area contributed by atoms with Crippen LogP contribution in [-0.2, 0) is 14.3 Å². The van der Waals surface area contributed by atoms with E-state index in [9.17, 15) is 9.59 Å². The van der Waals surface area contributed by atoms with E-state index in [0.29, 0.717) is 6.42 Å². The molecule has 0 aromatic rings. The van der Waals surface area contributed by atoms with Crippen LogP contribution in [0.4, 0.5) is 4.79 Å². The zero-order valence-electron chi connectivity index (χ0n) is 11.9. The van der Waals surface area contributed by atoms with Gasteiger partial charge in [-0.3, -0.25) is 4.79 Å². The van der Waals surface area contributed by atoms with E-state index in [1.165, 1.54) is 6.92 Å². The predicted octanol–water partition coefficient (Wildman–Crippen LogP) is 2.60. The maximum Gasteiger partial charge on any atom is 0.509 e. The first kappa shape index (κ1) is 16.1. The fraction of sp³-hybridized carbons (Fsp3) is 0.846. The van der Waals surface area contributed by atoms with Crippen LogP contribution in [0.5, 0.6) is 0 Å². The van der Waals surface area contributed by atoms with Crippen LogP contribution in [0.2, 0.25) is 0 Å². The van der Waals surface area contributed by atoms with Gasteiger partial charge in [0, 0.05) is 13.0 Å². The van der Waals surface area contributed by atoms with Gasteiger partial charge < -0.3 is 14.8 Å². The molecule has 5 nitrogen and oxygen atoms in total. The maximum atomic E-state index is 11.6. The minimum atomic E-state index is -0.716. The van der Waals surface area contributed by atoms with Crippen molar-refractivity contribution in [2.75, 3.05) is 0 Å². The van der Waals surface area contributed by atoms with E-state index in [0.717, 1.165) is 12.8 Å². The topological polar surface area (TPSA) is 64.6 Å². The molecule has 1 N–H and O–H groups in total. The summed E-state index contributed by atoms with van der Waals surface area (Å²) < 4.78 is 10.3. The number of rotatable bonds is 2. The molecule has 1 saturated carbocycles. The summed E-state index contributed by atoms with van der Waals surface area (Å²) in [5, 5.41) is 2.35. The second-order valence-electron chi connectivity index (χ2n) is 5.80. The second kappa shape index (κ2) is 6.46. The van der Waals surface area contributed by atoms with Crippen molar-refractivity contribution in [3.8, 4) is 0 Å². The van der Waals surface area contributed by atoms with Crippen molar-refractivity contribution < 1.29 is 19.1 Å². The quantitative estimate of drug-likeness (QED) is 0.627. The Morgan fingerprint density at radius 1 is 1.26 bits per heavy atom. The number of ether oxygens (including phenoxy) is 2. The maximum absolute atomic E-state index is 11.6. The number of alkyl halides is 1. The highest BCUT2D eigenvalue weighted by molar-refractivity contribution is 6.21. The summed E-state index contributed by atoms with van der Waals surface area (Å²) in [7, 11) is 0. The highest BCUT2D eigenvalue weighted by Crippen LogP contribution is 2.27. The molecule has 1 fully saturated rings. The lowest BCUT2D eigenvalue weighted by Crippen LogP contribution is -2.49. The standard InChI is InChI=1S/C13H22ClNO4/c1-8(16)15-9-6-5-7-10(11(9)14)18-12(17)19-13(2,3)4/h9-11H,5-7H2,1-4H3,(H,15,16)/t9-,10-,11+/m1/s1. The van der Waals surface area contributed by atoms with Crippen molar-refractivity contribution in [1.29, 1.82) is 0 Å². The molecule has 0 unspecified atom stereocenters. The van der Waals surface area contributed by atoms with Crippen molar-refractivity contribution in [1.82, 2.24) is 5.32 Å². The third-order valence-electron chi connectivity index (χ3n) is 2.77. The molecule has 110 valence electrons. The summed E-state index contributed by atoms with van der Waals surface area (Å²) in [6.45, 7) is 6.76. The fourth-order valence-electron chi connectivity index (χ4n) is 2.05. The average molecular weight is 292 g/mol. The lowest BCUT2D eigenvalue weighted by Gasteiger charge is -2.34. The van der Waals surface area contributed by atoms with Gasteiger partial charge in [-0.2, -0.15) is 0 Å². The summed E-state index contributed by atoms with van der Waals surface area (Å²) in [6.07, 6.45) is 1.18. The summed E-state index contributed by atoms with van der Waals surface area (Å²) in [6, 6.07) is -0.166. The third-order valence-corrected chi connectivity index (χ3v) is 3.35. The number of hydrogen-bond donors (Lipinski definition) is 1. The van der Waals surface area contributed by atoms with Crippen LogP contribution in [0.3, 0.4) is 0 Å². The number of hydrogen-bond acceptors (Lipinski definition) is 4. The molecule has 1 aliphatic rings. The number of nitrogens with one attached hydrogen (secondary N) is 1. The van der Waals surface area contributed by atoms with Gasteiger partial charge >= 0.3 is 6.16 Å². The summed E-state index contributed by atoms with van der Waals surface area (Å²) >= 11 is 6.26. The van der Waals surface area contributed by atoms with Gasteiger partial charge in [-0.1, -0.05) is 0 Å². The van der Waals surface area contributed by atoms with Gasteiger partial charge in [0.2, 0.25) is 5.91 Å². The van der Waals surface area contributed by atoms with Crippen LogP contribution in [0.15, 0.2) is 0 Å². The van der Waals surface area contributed by atoms with Gasteiger partial charge in [-0.25, -0.2) is 4.79 Å². The molecule has 1 amide bonds. The molecule has 3 atom stereocenters. The van der Waals surface area contributed by atoms with Crippen LogP contribution in [0, 0.1) is 0 Å². The van der Waals surface area contributed by atoms with Gasteiger partial charge in [0.05, 0.1) is 5.38 Å². The molecule has 0 saturated heterocycles. The summed E-state index contributed by atoms with van der Waals surface area (Å²) in [5.41, 5.74) is -0.593. The lowest BCUT2D eigenvalue weighted by atomic mass is 9.92. The molecule has 0 radical (unpaired) electrons. The Labute approximate surface area is 119 Å². The molecule has 0 spiro atoms. The highest BCUT2D eigenvalue weighted by Gasteiger charge is 2.35. The van der Waals surface area contributed by atoms with Crippen molar-refractivity contribution in [3.63, 3.8) is 0 Å². The lowest BCUT2D eigenvalue weighted by molar-refractivity contribution is -0.120. The first-order valence-electron chi connectivity index (χ1n) is 6.50. The van der Waals surface area contributed by atoms with Crippen molar-refractivity contribution in [2.24, 2.45) is 0 Å². The molecule has 0 aliphatic heterocycles. The van der Waals surface area contributed by atoms with E-state index < -0.39 is 23.2 Å². The van der Waals surface area contributed by atoms with Crippen LogP contribution in [0.1, 0.15) is 47.0 Å². The first-order chi connectivity index (χ1) is 8.69. The van der Waals surface area contributed by atoms with E-state index in [1.54, 1.807) is 20.8 Å². The van der Waals surface area contributed by atoms with E-state index in [1.807, 2.05) is 0 Å². The SMILES string of the molecule is CC(=O)N[C@@H]1CCC[C@@H](OC(=O)OC(C)(C)C)[C@H]1Cl. The summed E-state index contributed by atoms with van der Waals surface area (Å²) in [4.78, 5) is 22.7. The van der Waals surface area contributed by atoms with Crippen LogP contribution in [-0.4, -0.2) is 35.2 Å². The Morgan fingerprint density at radius 3 is 2.42 bits per heavy atom. The molecular formula is C13H22ClNO4. The molecule has 1 rings (SSSR count). The number of halogens is 1. The Hall–Kier alpha value is -0.970. The molecule has 0 aromatic carbocycles. The minimum Gasteiger partial charge on any atom is -0.429 e. The first-order valence-corrected chi connectivity index (χ1v) is 6.93. The molecule has 1 aliphatic carbocycles. The Bertz CT molecular complexity index is 340. The smallest absolute Gasteiger partial charge is 0.429 e. The van der Waals surface area contributed by atoms with Crippen molar-refractivity contribution >= 4 is 23.7 Å². The van der Waals surface area contributed by atoms with E-state index in [2.05, 4.69) is 5.32 Å². The van der Waals surface area contributed by atoms with Gasteiger partial charge in [0.1, 0.15) is 11.7 Å². The molecule has 6 heteroatoms. The Kier molecular flexibility index (Phi) is 5.47. The predicted molar refractivity (Wildman–Crippen MR) is 72.2 cm³/mol. The second-order valence-corrected chi connectivity index (χ2v) is 6.31. The van der Waals surface area contributed by atoms with E-state index >= 15 is 0 Å². The highest BCUT2D eigenvalue weighted by atomic mass is 35.5. The fourth-order valence-corrected chi connectivity index (χ4v) is 2.42. The average Bonchev–Trinajstić information content (AvgIpc) is 2.20. The molecule has 0 bridgehead atoms. The Balaban J connectivity index is 2.53. The van der Waals surface area contributed by atoms with E-state index in [4.69, 9.17) is 21.1 Å². The van der Waals surface area contributed by atoms with Gasteiger partial charge in [0.15, 0.2) is 0 Å². The molecule has 0 aromatic heterocycles.